The van der Waals surface area contributed by atoms with Crippen LogP contribution in [-0.2, 0) is 0 Å². The molecular weight excluding hydrogens is 256 g/mol. The Morgan fingerprint density at radius 1 is 1.00 bits per heavy atom. The van der Waals surface area contributed by atoms with Crippen molar-refractivity contribution >= 4 is 0 Å². The van der Waals surface area contributed by atoms with E-state index in [1.165, 1.54) is 32.1 Å². The van der Waals surface area contributed by atoms with Gasteiger partial charge in [0.25, 0.3) is 0 Å². The van der Waals surface area contributed by atoms with E-state index in [9.17, 15) is 5.11 Å². The molecule has 4 aliphatic carbocycles. The molecule has 6 atom stereocenters. The molecule has 0 radical (unpaired) electrons. The van der Waals surface area contributed by atoms with E-state index in [0.717, 1.165) is 30.6 Å². The summed E-state index contributed by atoms with van der Waals surface area (Å²) in [5, 5.41) is 10.5. The van der Waals surface area contributed by atoms with E-state index in [1.54, 1.807) is 5.57 Å². The van der Waals surface area contributed by atoms with Gasteiger partial charge in [-0.3, -0.25) is 0 Å². The number of hydrogen-bond donors (Lipinski definition) is 1. The Morgan fingerprint density at radius 3 is 2.52 bits per heavy atom. The van der Waals surface area contributed by atoms with Crippen molar-refractivity contribution in [3.05, 3.63) is 11.6 Å². The fourth-order valence-corrected chi connectivity index (χ4v) is 7.70. The van der Waals surface area contributed by atoms with Gasteiger partial charge in [0, 0.05) is 0 Å². The Balaban J connectivity index is 1.77. The summed E-state index contributed by atoms with van der Waals surface area (Å²) in [6, 6.07) is 0. The van der Waals surface area contributed by atoms with Gasteiger partial charge >= 0.3 is 0 Å². The minimum Gasteiger partial charge on any atom is -0.393 e. The second-order valence-corrected chi connectivity index (χ2v) is 9.80. The molecule has 0 saturated heterocycles. The van der Waals surface area contributed by atoms with E-state index < -0.39 is 0 Å². The highest BCUT2D eigenvalue weighted by Gasteiger charge is 2.62. The summed E-state index contributed by atoms with van der Waals surface area (Å²) in [5.74, 6) is 2.49. The van der Waals surface area contributed by atoms with Crippen LogP contribution in [0.25, 0.3) is 0 Å². The van der Waals surface area contributed by atoms with Gasteiger partial charge in [-0.1, -0.05) is 32.4 Å². The lowest BCUT2D eigenvalue weighted by Gasteiger charge is -2.64. The first-order valence-corrected chi connectivity index (χ1v) is 9.14. The van der Waals surface area contributed by atoms with Crippen molar-refractivity contribution in [2.45, 2.75) is 78.7 Å². The molecule has 3 fully saturated rings. The van der Waals surface area contributed by atoms with Crippen LogP contribution in [-0.4, -0.2) is 11.2 Å². The van der Waals surface area contributed by atoms with Crippen LogP contribution in [0, 0.1) is 34.0 Å². The first kappa shape index (κ1) is 14.3. The minimum absolute atomic E-state index is 0.0828. The molecule has 3 saturated carbocycles. The number of aliphatic hydroxyl groups excluding tert-OH is 1. The lowest BCUT2D eigenvalue weighted by molar-refractivity contribution is -0.162. The fraction of sp³-hybridized carbons (Fsp3) is 0.900. The van der Waals surface area contributed by atoms with Crippen molar-refractivity contribution in [1.29, 1.82) is 0 Å². The summed E-state index contributed by atoms with van der Waals surface area (Å²) < 4.78 is 0. The quantitative estimate of drug-likeness (QED) is 0.626. The molecule has 0 amide bonds. The second kappa shape index (κ2) is 4.16. The highest BCUT2D eigenvalue weighted by molar-refractivity contribution is 5.27. The topological polar surface area (TPSA) is 20.2 Å². The van der Waals surface area contributed by atoms with Crippen molar-refractivity contribution < 1.29 is 5.11 Å². The number of rotatable bonds is 0. The normalized spacial score (nSPS) is 54.6. The van der Waals surface area contributed by atoms with E-state index >= 15 is 0 Å². The molecule has 0 aliphatic heterocycles. The van der Waals surface area contributed by atoms with Crippen LogP contribution in [0.3, 0.4) is 0 Å². The van der Waals surface area contributed by atoms with Gasteiger partial charge in [-0.15, -0.1) is 0 Å². The van der Waals surface area contributed by atoms with Gasteiger partial charge in [0.2, 0.25) is 0 Å². The Labute approximate surface area is 130 Å². The van der Waals surface area contributed by atoms with Crippen molar-refractivity contribution in [2.75, 3.05) is 0 Å². The third-order valence-corrected chi connectivity index (χ3v) is 8.15. The SMILES string of the molecule is CC1=C[C@@]23CC[C@@H]4C(C)(C)C[C@H](O)C[C@@]4(C)[C@@H]2CC[C@@H]1C3. The van der Waals surface area contributed by atoms with Crippen molar-refractivity contribution in [2.24, 2.45) is 34.0 Å². The molecular formula is C20H32O. The highest BCUT2D eigenvalue weighted by atomic mass is 16.3. The first-order valence-electron chi connectivity index (χ1n) is 9.14. The zero-order valence-corrected chi connectivity index (χ0v) is 14.3. The Hall–Kier alpha value is -0.300. The Morgan fingerprint density at radius 2 is 1.76 bits per heavy atom. The second-order valence-electron chi connectivity index (χ2n) is 9.80. The smallest absolute Gasteiger partial charge is 0.0550 e. The molecule has 0 aromatic carbocycles. The van der Waals surface area contributed by atoms with Crippen LogP contribution in [0.4, 0.5) is 0 Å². The maximum Gasteiger partial charge on any atom is 0.0550 e. The summed E-state index contributed by atoms with van der Waals surface area (Å²) in [6.45, 7) is 9.74. The van der Waals surface area contributed by atoms with Gasteiger partial charge in [0.05, 0.1) is 6.10 Å². The average molecular weight is 288 g/mol. The maximum atomic E-state index is 10.5. The van der Waals surface area contributed by atoms with Crippen LogP contribution < -0.4 is 0 Å². The summed E-state index contributed by atoms with van der Waals surface area (Å²) in [4.78, 5) is 0. The van der Waals surface area contributed by atoms with Crippen LogP contribution in [0.5, 0.6) is 0 Å². The maximum absolute atomic E-state index is 10.5. The largest absolute Gasteiger partial charge is 0.393 e. The third-order valence-electron chi connectivity index (χ3n) is 8.15. The molecule has 0 heterocycles. The van der Waals surface area contributed by atoms with Crippen LogP contribution in [0.2, 0.25) is 0 Å². The predicted molar refractivity (Wildman–Crippen MR) is 86.9 cm³/mol. The lowest BCUT2D eigenvalue weighted by Crippen LogP contribution is -2.58. The standard InChI is InChI=1S/C20H32O/c1-13-9-20-8-7-16-18(2,3)11-15(21)12-19(16,4)17(20)6-5-14(13)10-20/h9,14-17,21H,5-8,10-12H2,1-4H3/t14-,15+,16-,17+,19-,20-/m1/s1. The molecule has 1 nitrogen and oxygen atoms in total. The third kappa shape index (κ3) is 1.79. The highest BCUT2D eigenvalue weighted by Crippen LogP contribution is 2.70. The summed E-state index contributed by atoms with van der Waals surface area (Å²) in [6.07, 6.45) is 11.7. The number of allylic oxidation sites excluding steroid dienone is 2. The van der Waals surface area contributed by atoms with E-state index in [-0.39, 0.29) is 6.10 Å². The monoisotopic (exact) mass is 288 g/mol. The van der Waals surface area contributed by atoms with E-state index in [4.69, 9.17) is 0 Å². The molecule has 1 heteroatoms. The van der Waals surface area contributed by atoms with Gasteiger partial charge in [0.15, 0.2) is 0 Å². The van der Waals surface area contributed by atoms with E-state index in [1.807, 2.05) is 0 Å². The van der Waals surface area contributed by atoms with Gasteiger partial charge in [-0.05, 0) is 85.9 Å². The summed E-state index contributed by atoms with van der Waals surface area (Å²) >= 11 is 0. The molecule has 118 valence electrons. The molecule has 21 heavy (non-hydrogen) atoms. The van der Waals surface area contributed by atoms with Crippen molar-refractivity contribution in [3.63, 3.8) is 0 Å². The average Bonchev–Trinajstić information content (AvgIpc) is 2.57. The molecule has 4 aliphatic rings. The molecule has 4 rings (SSSR count). The lowest BCUT2D eigenvalue weighted by atomic mass is 9.41. The molecule has 0 aromatic heterocycles. The predicted octanol–water partition coefficient (Wildman–Crippen LogP) is 4.95. The zero-order chi connectivity index (χ0) is 15.0. The zero-order valence-electron chi connectivity index (χ0n) is 14.3. The first-order chi connectivity index (χ1) is 9.77. The molecule has 0 unspecified atom stereocenters. The fourth-order valence-electron chi connectivity index (χ4n) is 7.70. The van der Waals surface area contributed by atoms with Crippen molar-refractivity contribution in [1.82, 2.24) is 0 Å². The number of hydrogen-bond acceptors (Lipinski definition) is 1. The van der Waals surface area contributed by atoms with E-state index in [0.29, 0.717) is 16.2 Å². The molecule has 1 N–H and O–H groups in total. The number of fused-ring (bicyclic) bond motifs is 3. The molecule has 1 spiro atoms. The van der Waals surface area contributed by atoms with Crippen LogP contribution >= 0.6 is 0 Å². The Kier molecular flexibility index (Phi) is 2.83. The summed E-state index contributed by atoms with van der Waals surface area (Å²) in [5.41, 5.74) is 2.83. The Bertz CT molecular complexity index is 490. The van der Waals surface area contributed by atoms with Crippen molar-refractivity contribution in [3.8, 4) is 0 Å². The molecule has 0 aromatic rings. The van der Waals surface area contributed by atoms with Gasteiger partial charge in [0.1, 0.15) is 0 Å². The van der Waals surface area contributed by atoms with Gasteiger partial charge in [-0.25, -0.2) is 0 Å². The van der Waals surface area contributed by atoms with Gasteiger partial charge < -0.3 is 5.11 Å². The number of aliphatic hydroxyl groups is 1. The van der Waals surface area contributed by atoms with Crippen LogP contribution in [0.1, 0.15) is 72.6 Å². The van der Waals surface area contributed by atoms with Gasteiger partial charge in [-0.2, -0.15) is 0 Å². The van der Waals surface area contributed by atoms with Crippen LogP contribution in [0.15, 0.2) is 11.6 Å². The van der Waals surface area contributed by atoms with E-state index in [2.05, 4.69) is 33.8 Å². The summed E-state index contributed by atoms with van der Waals surface area (Å²) in [7, 11) is 0. The minimum atomic E-state index is -0.0828. The molecule has 2 bridgehead atoms.